The van der Waals surface area contributed by atoms with Crippen LogP contribution in [0.5, 0.6) is 0 Å². The van der Waals surface area contributed by atoms with Gasteiger partial charge < -0.3 is 14.3 Å². The molecule has 1 aliphatic rings. The summed E-state index contributed by atoms with van der Waals surface area (Å²) in [4.78, 5) is 36.6. The van der Waals surface area contributed by atoms with Crippen LogP contribution in [0, 0.1) is 0 Å². The van der Waals surface area contributed by atoms with E-state index in [1.807, 2.05) is 12.1 Å². The number of fused-ring (bicyclic) bond motifs is 1. The van der Waals surface area contributed by atoms with Gasteiger partial charge in [-0.3, -0.25) is 14.6 Å². The highest BCUT2D eigenvalue weighted by atomic mass is 35.5. The highest BCUT2D eigenvalue weighted by molar-refractivity contribution is 6.30. The predicted octanol–water partition coefficient (Wildman–Crippen LogP) is 2.28. The molecule has 0 saturated carbocycles. The van der Waals surface area contributed by atoms with Crippen LogP contribution in [0.25, 0.3) is 11.5 Å². The molecular weight excluding hydrogens is 344 g/mol. The van der Waals surface area contributed by atoms with Crippen molar-refractivity contribution in [1.82, 2.24) is 19.9 Å². The Morgan fingerprint density at radius 3 is 3.04 bits per heavy atom. The molecular formula is C17H13ClN4O3. The van der Waals surface area contributed by atoms with E-state index in [1.165, 1.54) is 12.3 Å². The zero-order valence-electron chi connectivity index (χ0n) is 13.0. The van der Waals surface area contributed by atoms with E-state index >= 15 is 0 Å². The van der Waals surface area contributed by atoms with Crippen molar-refractivity contribution < 1.29 is 9.21 Å². The van der Waals surface area contributed by atoms with Crippen LogP contribution in [0.15, 0.2) is 46.0 Å². The van der Waals surface area contributed by atoms with Crippen LogP contribution in [0.3, 0.4) is 0 Å². The average molecular weight is 357 g/mol. The lowest BCUT2D eigenvalue weighted by atomic mass is 10.1. The van der Waals surface area contributed by atoms with E-state index < -0.39 is 5.56 Å². The molecule has 1 N–H and O–H groups in total. The summed E-state index contributed by atoms with van der Waals surface area (Å²) in [6.45, 7) is 0.846. The van der Waals surface area contributed by atoms with E-state index in [1.54, 1.807) is 17.3 Å². The molecule has 7 nitrogen and oxygen atoms in total. The monoisotopic (exact) mass is 356 g/mol. The molecule has 4 rings (SSSR count). The quantitative estimate of drug-likeness (QED) is 0.760. The Hall–Kier alpha value is -2.93. The molecule has 0 atom stereocenters. The molecule has 4 heterocycles. The molecule has 0 spiro atoms. The minimum Gasteiger partial charge on any atom is -0.441 e. The summed E-state index contributed by atoms with van der Waals surface area (Å²) in [5.41, 5.74) is 1.44. The molecule has 0 bridgehead atoms. The molecule has 126 valence electrons. The molecule has 0 unspecified atom stereocenters. The van der Waals surface area contributed by atoms with Gasteiger partial charge in [0.15, 0.2) is 0 Å². The maximum Gasteiger partial charge on any atom is 0.266 e. The third kappa shape index (κ3) is 2.94. The Morgan fingerprint density at radius 2 is 2.28 bits per heavy atom. The summed E-state index contributed by atoms with van der Waals surface area (Å²) in [7, 11) is 0. The second kappa shape index (κ2) is 6.18. The molecule has 0 saturated heterocycles. The number of pyridine rings is 2. The molecule has 0 aromatic carbocycles. The first-order valence-corrected chi connectivity index (χ1v) is 8.06. The minimum atomic E-state index is -0.420. The summed E-state index contributed by atoms with van der Waals surface area (Å²) in [6.07, 6.45) is 5.31. The summed E-state index contributed by atoms with van der Waals surface area (Å²) < 4.78 is 5.80. The molecule has 0 aliphatic carbocycles. The van der Waals surface area contributed by atoms with Crippen LogP contribution < -0.4 is 5.56 Å². The minimum absolute atomic E-state index is 0.0103. The SMILES string of the molecule is O=C(c1c[nH]c(=O)c(Cl)c1)N1CCc2oc(-c3cccnc3)nc2C1. The Bertz CT molecular complexity index is 997. The fraction of sp³-hybridized carbons (Fsp3) is 0.176. The van der Waals surface area contributed by atoms with E-state index in [4.69, 9.17) is 16.0 Å². The fourth-order valence-electron chi connectivity index (χ4n) is 2.75. The molecule has 25 heavy (non-hydrogen) atoms. The molecule has 1 amide bonds. The second-order valence-electron chi connectivity index (χ2n) is 5.67. The number of aromatic amines is 1. The Balaban J connectivity index is 1.58. The zero-order valence-corrected chi connectivity index (χ0v) is 13.8. The third-order valence-electron chi connectivity index (χ3n) is 4.03. The van der Waals surface area contributed by atoms with Crippen LogP contribution in [0.4, 0.5) is 0 Å². The lowest BCUT2D eigenvalue weighted by Gasteiger charge is -2.25. The van der Waals surface area contributed by atoms with Gasteiger partial charge in [0.1, 0.15) is 16.5 Å². The van der Waals surface area contributed by atoms with Crippen LogP contribution in [0.1, 0.15) is 21.8 Å². The number of amides is 1. The van der Waals surface area contributed by atoms with Gasteiger partial charge in [0, 0.05) is 31.6 Å². The highest BCUT2D eigenvalue weighted by Crippen LogP contribution is 2.26. The van der Waals surface area contributed by atoms with Gasteiger partial charge in [-0.25, -0.2) is 4.98 Å². The normalized spacial score (nSPS) is 13.6. The van der Waals surface area contributed by atoms with Crippen molar-refractivity contribution in [3.63, 3.8) is 0 Å². The number of carbonyl (C=O) groups is 1. The molecule has 3 aromatic rings. The van der Waals surface area contributed by atoms with Crippen molar-refractivity contribution in [2.75, 3.05) is 6.54 Å². The molecule has 3 aromatic heterocycles. The van der Waals surface area contributed by atoms with E-state index in [-0.39, 0.29) is 10.9 Å². The topological polar surface area (TPSA) is 92.1 Å². The van der Waals surface area contributed by atoms with E-state index in [2.05, 4.69) is 15.0 Å². The summed E-state index contributed by atoms with van der Waals surface area (Å²) in [6, 6.07) is 5.06. The summed E-state index contributed by atoms with van der Waals surface area (Å²) in [5.74, 6) is 1.07. The van der Waals surface area contributed by atoms with Gasteiger partial charge in [0.05, 0.1) is 17.7 Å². The van der Waals surface area contributed by atoms with Crippen molar-refractivity contribution in [2.24, 2.45) is 0 Å². The number of aromatic nitrogens is 3. The highest BCUT2D eigenvalue weighted by Gasteiger charge is 2.26. The van der Waals surface area contributed by atoms with Gasteiger partial charge in [0.2, 0.25) is 5.89 Å². The first kappa shape index (κ1) is 15.6. The van der Waals surface area contributed by atoms with Gasteiger partial charge in [-0.1, -0.05) is 11.6 Å². The number of nitrogens with zero attached hydrogens (tertiary/aromatic N) is 3. The number of hydrogen-bond donors (Lipinski definition) is 1. The maximum atomic E-state index is 12.6. The number of halogens is 1. The van der Waals surface area contributed by atoms with Gasteiger partial charge in [-0.2, -0.15) is 0 Å². The second-order valence-corrected chi connectivity index (χ2v) is 6.08. The predicted molar refractivity (Wildman–Crippen MR) is 90.3 cm³/mol. The van der Waals surface area contributed by atoms with Crippen LogP contribution >= 0.6 is 11.6 Å². The molecule has 0 radical (unpaired) electrons. The standard InChI is InChI=1S/C17H13ClN4O3/c18-12-6-11(8-20-15(12)23)17(24)22-5-3-14-13(9-22)21-16(25-14)10-2-1-4-19-7-10/h1-2,4,6-8H,3,5,9H2,(H,20,23). The van der Waals surface area contributed by atoms with Gasteiger partial charge in [-0.05, 0) is 18.2 Å². The van der Waals surface area contributed by atoms with Gasteiger partial charge in [0.25, 0.3) is 11.5 Å². The van der Waals surface area contributed by atoms with E-state index in [0.29, 0.717) is 31.0 Å². The largest absolute Gasteiger partial charge is 0.441 e. The number of carbonyl (C=O) groups excluding carboxylic acids is 1. The number of H-pyrrole nitrogens is 1. The lowest BCUT2D eigenvalue weighted by Crippen LogP contribution is -2.36. The molecule has 1 aliphatic heterocycles. The van der Waals surface area contributed by atoms with Crippen LogP contribution in [0.2, 0.25) is 5.02 Å². The van der Waals surface area contributed by atoms with Crippen molar-refractivity contribution in [2.45, 2.75) is 13.0 Å². The maximum absolute atomic E-state index is 12.6. The number of oxazole rings is 1. The average Bonchev–Trinajstić information content (AvgIpc) is 3.07. The van der Waals surface area contributed by atoms with Gasteiger partial charge >= 0.3 is 0 Å². The van der Waals surface area contributed by atoms with Crippen molar-refractivity contribution in [3.8, 4) is 11.5 Å². The first-order chi connectivity index (χ1) is 12.1. The van der Waals surface area contributed by atoms with Crippen LogP contribution in [-0.2, 0) is 13.0 Å². The Morgan fingerprint density at radius 1 is 1.40 bits per heavy atom. The number of nitrogens with one attached hydrogen (secondary N) is 1. The Labute approximate surface area is 147 Å². The van der Waals surface area contributed by atoms with Crippen molar-refractivity contribution >= 4 is 17.5 Å². The van der Waals surface area contributed by atoms with Gasteiger partial charge in [-0.15, -0.1) is 0 Å². The van der Waals surface area contributed by atoms with Crippen LogP contribution in [-0.4, -0.2) is 32.3 Å². The smallest absolute Gasteiger partial charge is 0.266 e. The molecule has 0 fully saturated rings. The first-order valence-electron chi connectivity index (χ1n) is 7.68. The van der Waals surface area contributed by atoms with E-state index in [0.717, 1.165) is 17.0 Å². The summed E-state index contributed by atoms with van der Waals surface area (Å²) in [5, 5.41) is -0.0103. The zero-order chi connectivity index (χ0) is 17.4. The summed E-state index contributed by atoms with van der Waals surface area (Å²) >= 11 is 5.80. The van der Waals surface area contributed by atoms with Crippen molar-refractivity contribution in [1.29, 1.82) is 0 Å². The number of rotatable bonds is 2. The fourth-order valence-corrected chi connectivity index (χ4v) is 2.92. The lowest BCUT2D eigenvalue weighted by molar-refractivity contribution is 0.0727. The third-order valence-corrected chi connectivity index (χ3v) is 4.31. The number of hydrogen-bond acceptors (Lipinski definition) is 5. The molecule has 8 heteroatoms. The van der Waals surface area contributed by atoms with Crippen molar-refractivity contribution in [3.05, 3.63) is 69.2 Å². The Kier molecular flexibility index (Phi) is 3.85. The van der Waals surface area contributed by atoms with E-state index in [9.17, 15) is 9.59 Å².